The van der Waals surface area contributed by atoms with Crippen LogP contribution in [-0.2, 0) is 11.2 Å². The smallest absolute Gasteiger partial charge is 0.309 e. The fraction of sp³-hybridized carbons (Fsp3) is 0.200. The Morgan fingerprint density at radius 2 is 2.38 bits per heavy atom. The van der Waals surface area contributed by atoms with Crippen molar-refractivity contribution in [3.63, 3.8) is 0 Å². The molecule has 0 bridgehead atoms. The molecule has 3 N–H and O–H groups in total. The first kappa shape index (κ1) is 10.9. The van der Waals surface area contributed by atoms with Crippen LogP contribution in [0, 0.1) is 6.92 Å². The fourth-order valence-electron chi connectivity index (χ4n) is 1.57. The van der Waals surface area contributed by atoms with Gasteiger partial charge < -0.3 is 10.8 Å². The molecule has 6 heteroatoms. The topological polar surface area (TPSA) is 80.6 Å². The number of fused-ring (bicyclic) bond motifs is 1. The maximum absolute atomic E-state index is 10.6. The SMILES string of the molecule is Cc1cc(Br)c2nc(CC(=O)O)c(N)n2c1. The molecule has 0 aliphatic carbocycles. The molecule has 2 aromatic rings. The van der Waals surface area contributed by atoms with E-state index in [0.29, 0.717) is 17.2 Å². The van der Waals surface area contributed by atoms with Crippen LogP contribution in [0.5, 0.6) is 0 Å². The summed E-state index contributed by atoms with van der Waals surface area (Å²) < 4.78 is 2.49. The Hall–Kier alpha value is -1.56. The number of pyridine rings is 1. The number of carbonyl (C=O) groups is 1. The molecule has 0 fully saturated rings. The van der Waals surface area contributed by atoms with Gasteiger partial charge in [0.15, 0.2) is 5.65 Å². The molecular weight excluding hydrogens is 274 g/mol. The minimum absolute atomic E-state index is 0.168. The number of halogens is 1. The lowest BCUT2D eigenvalue weighted by atomic mass is 10.3. The number of carboxylic acids is 1. The highest BCUT2D eigenvalue weighted by Crippen LogP contribution is 2.23. The number of nitrogen functional groups attached to an aromatic ring is 1. The number of imidazole rings is 1. The van der Waals surface area contributed by atoms with E-state index in [0.717, 1.165) is 10.0 Å². The number of hydrogen-bond acceptors (Lipinski definition) is 3. The van der Waals surface area contributed by atoms with Crippen LogP contribution in [0.15, 0.2) is 16.7 Å². The van der Waals surface area contributed by atoms with E-state index >= 15 is 0 Å². The average Bonchev–Trinajstić information content (AvgIpc) is 2.45. The highest BCUT2D eigenvalue weighted by atomic mass is 79.9. The third kappa shape index (κ3) is 1.76. The molecule has 0 aromatic carbocycles. The third-order valence-electron chi connectivity index (χ3n) is 2.24. The van der Waals surface area contributed by atoms with E-state index in [9.17, 15) is 4.79 Å². The first-order chi connectivity index (χ1) is 7.49. The van der Waals surface area contributed by atoms with Crippen molar-refractivity contribution < 1.29 is 9.90 Å². The standard InChI is InChI=1S/C10H10BrN3O2/c1-5-2-6(11)10-13-7(3-8(15)16)9(12)14(10)4-5/h2,4H,3,12H2,1H3,(H,15,16). The number of aryl methyl sites for hydroxylation is 1. The Kier molecular flexibility index (Phi) is 2.59. The number of nitrogens with zero attached hydrogens (tertiary/aromatic N) is 2. The van der Waals surface area contributed by atoms with Gasteiger partial charge in [-0.05, 0) is 34.5 Å². The van der Waals surface area contributed by atoms with Gasteiger partial charge in [0.2, 0.25) is 0 Å². The summed E-state index contributed by atoms with van der Waals surface area (Å²) in [7, 11) is 0. The minimum atomic E-state index is -0.942. The zero-order chi connectivity index (χ0) is 11.9. The number of aliphatic carboxylic acids is 1. The number of anilines is 1. The monoisotopic (exact) mass is 283 g/mol. The quantitative estimate of drug-likeness (QED) is 0.878. The van der Waals surface area contributed by atoms with Crippen molar-refractivity contribution in [1.82, 2.24) is 9.38 Å². The van der Waals surface area contributed by atoms with E-state index in [-0.39, 0.29) is 6.42 Å². The molecule has 0 radical (unpaired) electrons. The van der Waals surface area contributed by atoms with Crippen LogP contribution in [-0.4, -0.2) is 20.5 Å². The van der Waals surface area contributed by atoms with E-state index in [1.165, 1.54) is 0 Å². The molecule has 16 heavy (non-hydrogen) atoms. The van der Waals surface area contributed by atoms with Gasteiger partial charge in [-0.15, -0.1) is 0 Å². The maximum atomic E-state index is 10.6. The molecule has 2 rings (SSSR count). The fourth-order valence-corrected chi connectivity index (χ4v) is 2.21. The van der Waals surface area contributed by atoms with Crippen molar-refractivity contribution in [3.05, 3.63) is 28.0 Å². The summed E-state index contributed by atoms with van der Waals surface area (Å²) in [4.78, 5) is 14.8. The number of carboxylic acid groups (broad SMARTS) is 1. The molecule has 0 amide bonds. The first-order valence-corrected chi connectivity index (χ1v) is 5.42. The molecule has 0 aliphatic rings. The highest BCUT2D eigenvalue weighted by Gasteiger charge is 2.14. The van der Waals surface area contributed by atoms with E-state index in [2.05, 4.69) is 20.9 Å². The lowest BCUT2D eigenvalue weighted by Crippen LogP contribution is -2.04. The molecule has 2 heterocycles. The van der Waals surface area contributed by atoms with Crippen molar-refractivity contribution in [2.24, 2.45) is 0 Å². The Morgan fingerprint density at radius 3 is 3.00 bits per heavy atom. The first-order valence-electron chi connectivity index (χ1n) is 4.63. The van der Waals surface area contributed by atoms with E-state index < -0.39 is 5.97 Å². The zero-order valence-corrected chi connectivity index (χ0v) is 10.2. The molecule has 5 nitrogen and oxygen atoms in total. The summed E-state index contributed by atoms with van der Waals surface area (Å²) in [5.41, 5.74) is 7.89. The summed E-state index contributed by atoms with van der Waals surface area (Å²) in [6.07, 6.45) is 1.66. The Balaban J connectivity index is 2.67. The second-order valence-corrected chi connectivity index (χ2v) is 4.43. The molecule has 2 aromatic heterocycles. The van der Waals surface area contributed by atoms with Gasteiger partial charge in [-0.1, -0.05) is 0 Å². The summed E-state index contributed by atoms with van der Waals surface area (Å²) in [6, 6.07) is 1.91. The van der Waals surface area contributed by atoms with Crippen molar-refractivity contribution >= 4 is 33.4 Å². The predicted molar refractivity (Wildman–Crippen MR) is 63.4 cm³/mol. The van der Waals surface area contributed by atoms with Crippen LogP contribution in [0.1, 0.15) is 11.3 Å². The van der Waals surface area contributed by atoms with Crippen molar-refractivity contribution in [2.45, 2.75) is 13.3 Å². The lowest BCUT2D eigenvalue weighted by molar-refractivity contribution is -0.136. The van der Waals surface area contributed by atoms with Crippen LogP contribution < -0.4 is 5.73 Å². The highest BCUT2D eigenvalue weighted by molar-refractivity contribution is 9.10. The predicted octanol–water partition coefficient (Wildman–Crippen LogP) is 1.61. The number of hydrogen-bond donors (Lipinski definition) is 2. The van der Waals surface area contributed by atoms with Gasteiger partial charge in [0.1, 0.15) is 5.82 Å². The minimum Gasteiger partial charge on any atom is -0.481 e. The van der Waals surface area contributed by atoms with Crippen LogP contribution in [0.3, 0.4) is 0 Å². The van der Waals surface area contributed by atoms with Crippen LogP contribution in [0.25, 0.3) is 5.65 Å². The summed E-state index contributed by atoms with van der Waals surface area (Å²) in [5.74, 6) is -0.565. The van der Waals surface area contributed by atoms with Crippen LogP contribution in [0.2, 0.25) is 0 Å². The van der Waals surface area contributed by atoms with Gasteiger partial charge in [-0.2, -0.15) is 0 Å². The zero-order valence-electron chi connectivity index (χ0n) is 8.57. The second-order valence-electron chi connectivity index (χ2n) is 3.57. The Labute approximate surface area is 100 Å². The molecular formula is C10H10BrN3O2. The third-order valence-corrected chi connectivity index (χ3v) is 2.83. The molecule has 0 atom stereocenters. The van der Waals surface area contributed by atoms with Crippen molar-refractivity contribution in [3.8, 4) is 0 Å². The average molecular weight is 284 g/mol. The van der Waals surface area contributed by atoms with Crippen LogP contribution >= 0.6 is 15.9 Å². The van der Waals surface area contributed by atoms with Gasteiger partial charge in [0.25, 0.3) is 0 Å². The molecule has 0 saturated carbocycles. The molecule has 0 spiro atoms. The number of nitrogens with two attached hydrogens (primary N) is 1. The summed E-state index contributed by atoms with van der Waals surface area (Å²) >= 11 is 3.38. The van der Waals surface area contributed by atoms with Gasteiger partial charge in [-0.3, -0.25) is 9.20 Å². The maximum Gasteiger partial charge on any atom is 0.309 e. The number of rotatable bonds is 2. The van der Waals surface area contributed by atoms with E-state index in [1.807, 2.05) is 19.2 Å². The van der Waals surface area contributed by atoms with E-state index in [1.54, 1.807) is 4.40 Å². The summed E-state index contributed by atoms with van der Waals surface area (Å²) in [5, 5.41) is 8.72. The summed E-state index contributed by atoms with van der Waals surface area (Å²) in [6.45, 7) is 1.93. The normalized spacial score (nSPS) is 10.9. The van der Waals surface area contributed by atoms with Gasteiger partial charge in [0, 0.05) is 6.20 Å². The lowest BCUT2D eigenvalue weighted by Gasteiger charge is -2.00. The Morgan fingerprint density at radius 1 is 1.69 bits per heavy atom. The molecule has 0 saturated heterocycles. The molecule has 84 valence electrons. The second kappa shape index (κ2) is 3.79. The number of aromatic nitrogens is 2. The van der Waals surface area contributed by atoms with Gasteiger partial charge >= 0.3 is 5.97 Å². The largest absolute Gasteiger partial charge is 0.481 e. The van der Waals surface area contributed by atoms with Crippen molar-refractivity contribution in [1.29, 1.82) is 0 Å². The molecule has 0 aliphatic heterocycles. The van der Waals surface area contributed by atoms with Crippen LogP contribution in [0.4, 0.5) is 5.82 Å². The van der Waals surface area contributed by atoms with E-state index in [4.69, 9.17) is 10.8 Å². The molecule has 0 unspecified atom stereocenters. The Bertz CT molecular complexity index is 577. The van der Waals surface area contributed by atoms with Gasteiger partial charge in [-0.25, -0.2) is 4.98 Å². The van der Waals surface area contributed by atoms with Gasteiger partial charge in [0.05, 0.1) is 16.6 Å². The van der Waals surface area contributed by atoms with Crippen molar-refractivity contribution in [2.75, 3.05) is 5.73 Å².